The number of morpholine rings is 1. The van der Waals surface area contributed by atoms with Gasteiger partial charge in [0.25, 0.3) is 5.91 Å². The maximum atomic E-state index is 12.6. The highest BCUT2D eigenvalue weighted by atomic mass is 32.2. The number of likely N-dealkylation sites (tertiary alicyclic amines) is 1. The van der Waals surface area contributed by atoms with Gasteiger partial charge in [0, 0.05) is 49.2 Å². The molecule has 2 aliphatic heterocycles. The number of hydrogen-bond donors (Lipinski definition) is 2. The summed E-state index contributed by atoms with van der Waals surface area (Å²) < 4.78 is 5.34. The molecule has 2 aliphatic rings. The van der Waals surface area contributed by atoms with Crippen molar-refractivity contribution in [1.82, 2.24) is 14.8 Å². The molecule has 1 aromatic heterocycles. The number of amides is 2. The number of ether oxygens (including phenoxy) is 1. The molecule has 2 aromatic rings. The molecule has 0 spiro atoms. The lowest BCUT2D eigenvalue weighted by Gasteiger charge is -2.25. The Kier molecular flexibility index (Phi) is 8.21. The summed E-state index contributed by atoms with van der Waals surface area (Å²) in [6.07, 6.45) is 5.84. The molecule has 2 N–H and O–H groups in total. The first-order valence-electron chi connectivity index (χ1n) is 11.5. The molecule has 0 aliphatic carbocycles. The number of benzene rings is 1. The highest BCUT2D eigenvalue weighted by molar-refractivity contribution is 8.13. The van der Waals surface area contributed by atoms with Crippen molar-refractivity contribution in [1.29, 1.82) is 0 Å². The van der Waals surface area contributed by atoms with Gasteiger partial charge in [-0.1, -0.05) is 18.7 Å². The lowest BCUT2D eigenvalue weighted by Crippen LogP contribution is -2.41. The molecule has 180 valence electrons. The Morgan fingerprint density at radius 1 is 1.15 bits per heavy atom. The van der Waals surface area contributed by atoms with Gasteiger partial charge in [-0.2, -0.15) is 0 Å². The zero-order valence-corrected chi connectivity index (χ0v) is 20.3. The van der Waals surface area contributed by atoms with Gasteiger partial charge < -0.3 is 19.9 Å². The van der Waals surface area contributed by atoms with Crippen LogP contribution in [0.4, 0.5) is 5.69 Å². The number of carbonyl (C=O) groups excluding carboxylic acids is 2. The lowest BCUT2D eigenvalue weighted by atomic mass is 10.2. The maximum Gasteiger partial charge on any atom is 0.270 e. The molecule has 3 heterocycles. The number of carbonyl (C=O) groups is 2. The molecule has 0 radical (unpaired) electrons. The molecule has 2 saturated heterocycles. The van der Waals surface area contributed by atoms with E-state index in [1.165, 1.54) is 11.8 Å². The van der Waals surface area contributed by atoms with Crippen LogP contribution in [0, 0.1) is 0 Å². The van der Waals surface area contributed by atoms with Gasteiger partial charge in [0.05, 0.1) is 25.5 Å². The summed E-state index contributed by atoms with van der Waals surface area (Å²) in [7, 11) is 0. The van der Waals surface area contributed by atoms with E-state index in [9.17, 15) is 9.59 Å². The van der Waals surface area contributed by atoms with Crippen LogP contribution in [-0.2, 0) is 9.53 Å². The highest BCUT2D eigenvalue weighted by Gasteiger charge is 2.21. The van der Waals surface area contributed by atoms with Crippen LogP contribution in [0.2, 0.25) is 0 Å². The number of nitrogens with zero attached hydrogens (tertiary/aromatic N) is 3. The van der Waals surface area contributed by atoms with Crippen molar-refractivity contribution in [3.05, 3.63) is 59.9 Å². The first-order chi connectivity index (χ1) is 16.5. The molecular formula is C25H31N5O3S. The summed E-state index contributed by atoms with van der Waals surface area (Å²) in [5.41, 5.74) is 3.53. The van der Waals surface area contributed by atoms with Crippen molar-refractivity contribution in [2.75, 3.05) is 57.5 Å². The Hall–Kier alpha value is -2.88. The van der Waals surface area contributed by atoms with E-state index in [1.54, 1.807) is 6.20 Å². The topological polar surface area (TPSA) is 90.0 Å². The van der Waals surface area contributed by atoms with Crippen LogP contribution in [0.25, 0.3) is 5.70 Å². The minimum Gasteiger partial charge on any atom is -0.379 e. The Morgan fingerprint density at radius 2 is 1.91 bits per heavy atom. The molecule has 0 unspecified atom stereocenters. The van der Waals surface area contributed by atoms with E-state index in [-0.39, 0.29) is 11.8 Å². The van der Waals surface area contributed by atoms with Crippen molar-refractivity contribution >= 4 is 40.0 Å². The summed E-state index contributed by atoms with van der Waals surface area (Å²) >= 11 is 1.50. The van der Waals surface area contributed by atoms with Crippen molar-refractivity contribution in [3.63, 3.8) is 0 Å². The number of aromatic amines is 1. The molecular weight excluding hydrogens is 450 g/mol. The lowest BCUT2D eigenvalue weighted by molar-refractivity contribution is -0.118. The fourth-order valence-electron chi connectivity index (χ4n) is 4.08. The molecule has 0 atom stereocenters. The monoisotopic (exact) mass is 481 g/mol. The predicted molar refractivity (Wildman–Crippen MR) is 137 cm³/mol. The second-order valence-electron chi connectivity index (χ2n) is 8.39. The predicted octanol–water partition coefficient (Wildman–Crippen LogP) is 3.30. The number of rotatable bonds is 7. The van der Waals surface area contributed by atoms with Crippen molar-refractivity contribution in [2.45, 2.75) is 12.8 Å². The average Bonchev–Trinajstić information content (AvgIpc) is 3.55. The summed E-state index contributed by atoms with van der Waals surface area (Å²) in [4.78, 5) is 36.8. The van der Waals surface area contributed by atoms with E-state index in [1.807, 2.05) is 41.5 Å². The first-order valence-corrected chi connectivity index (χ1v) is 12.8. The molecule has 9 heteroatoms. The second-order valence-corrected chi connectivity index (χ2v) is 9.18. The summed E-state index contributed by atoms with van der Waals surface area (Å²) in [5, 5.41) is 3.76. The summed E-state index contributed by atoms with van der Waals surface area (Å²) in [5.74, 6) is -0.0280. The highest BCUT2D eigenvalue weighted by Crippen LogP contribution is 2.23. The van der Waals surface area contributed by atoms with E-state index >= 15 is 0 Å². The van der Waals surface area contributed by atoms with Gasteiger partial charge in [-0.3, -0.25) is 14.5 Å². The number of nitrogens with one attached hydrogen (secondary N) is 2. The second kappa shape index (κ2) is 11.5. The normalized spacial score (nSPS) is 17.1. The summed E-state index contributed by atoms with van der Waals surface area (Å²) in [6.45, 7) is 8.93. The first kappa shape index (κ1) is 24.3. The van der Waals surface area contributed by atoms with Gasteiger partial charge in [-0.25, -0.2) is 4.99 Å². The van der Waals surface area contributed by atoms with Gasteiger partial charge in [0.1, 0.15) is 10.7 Å². The number of aliphatic imine (C=N–C) groups is 1. The van der Waals surface area contributed by atoms with Crippen LogP contribution in [0.1, 0.15) is 34.5 Å². The molecule has 1 aromatic carbocycles. The largest absolute Gasteiger partial charge is 0.379 e. The van der Waals surface area contributed by atoms with Gasteiger partial charge in [0.2, 0.25) is 5.91 Å². The molecule has 0 bridgehead atoms. The zero-order valence-electron chi connectivity index (χ0n) is 19.5. The number of aromatic nitrogens is 1. The standard InChI is InChI=1S/C25H31N5O3S/c1-18(20-15-22(26-16-20)25(32)30-8-3-4-9-30)27-24(34-2)19-6-5-7-21(14-19)28-23(31)17-29-10-12-33-13-11-29/h5-7,14-16,26H,1,3-4,8-13,17H2,2H3,(H,28,31). The van der Waals surface area contributed by atoms with Crippen molar-refractivity contribution in [3.8, 4) is 0 Å². The Balaban J connectivity index is 1.42. The zero-order chi connectivity index (χ0) is 23.9. The number of thioether (sulfide) groups is 1. The van der Waals surface area contributed by atoms with Gasteiger partial charge >= 0.3 is 0 Å². The van der Waals surface area contributed by atoms with Gasteiger partial charge in [-0.15, -0.1) is 11.8 Å². The van der Waals surface area contributed by atoms with E-state index in [0.29, 0.717) is 31.1 Å². The van der Waals surface area contributed by atoms with E-state index < -0.39 is 0 Å². The van der Waals surface area contributed by atoms with Crippen LogP contribution in [-0.4, -0.2) is 83.8 Å². The summed E-state index contributed by atoms with van der Waals surface area (Å²) in [6, 6.07) is 9.46. The minimum atomic E-state index is -0.0476. The number of hydrogen-bond acceptors (Lipinski definition) is 6. The van der Waals surface area contributed by atoms with Crippen molar-refractivity contribution < 1.29 is 14.3 Å². The fraction of sp³-hybridized carbons (Fsp3) is 0.400. The molecule has 2 amide bonds. The number of H-pyrrole nitrogens is 1. The van der Waals surface area contributed by atoms with Crippen LogP contribution in [0.3, 0.4) is 0 Å². The maximum absolute atomic E-state index is 12.6. The third-order valence-corrected chi connectivity index (χ3v) is 6.65. The van der Waals surface area contributed by atoms with E-state index in [4.69, 9.17) is 9.73 Å². The Morgan fingerprint density at radius 3 is 2.65 bits per heavy atom. The fourth-order valence-corrected chi connectivity index (χ4v) is 4.65. The molecule has 34 heavy (non-hydrogen) atoms. The molecule has 4 rings (SSSR count). The van der Waals surface area contributed by atoms with Crippen LogP contribution in [0.15, 0.2) is 48.1 Å². The average molecular weight is 482 g/mol. The van der Waals surface area contributed by atoms with Crippen LogP contribution in [0.5, 0.6) is 0 Å². The Bertz CT molecular complexity index is 1070. The van der Waals surface area contributed by atoms with E-state index in [0.717, 1.165) is 60.9 Å². The third-order valence-electron chi connectivity index (χ3n) is 5.93. The molecule has 0 saturated carbocycles. The Labute approximate surface area is 204 Å². The third kappa shape index (κ3) is 6.16. The smallest absolute Gasteiger partial charge is 0.270 e. The molecule has 2 fully saturated rings. The van der Waals surface area contributed by atoms with E-state index in [2.05, 4.69) is 21.8 Å². The minimum absolute atomic E-state index is 0.0196. The van der Waals surface area contributed by atoms with Crippen LogP contribution < -0.4 is 5.32 Å². The quantitative estimate of drug-likeness (QED) is 0.468. The molecule has 8 nitrogen and oxygen atoms in total. The number of anilines is 1. The van der Waals surface area contributed by atoms with Gasteiger partial charge in [-0.05, 0) is 37.3 Å². The van der Waals surface area contributed by atoms with Crippen molar-refractivity contribution in [2.24, 2.45) is 4.99 Å². The SMILES string of the molecule is C=C(N=C(SC)c1cccc(NC(=O)CN2CCOCC2)c1)c1c[nH]c(C(=O)N2CCCC2)c1. The van der Waals surface area contributed by atoms with Gasteiger partial charge in [0.15, 0.2) is 0 Å². The van der Waals surface area contributed by atoms with Crippen LogP contribution >= 0.6 is 11.8 Å².